The van der Waals surface area contributed by atoms with Gasteiger partial charge in [-0.15, -0.1) is 0 Å². The zero-order chi connectivity index (χ0) is 19.8. The maximum Gasteiger partial charge on any atom is 0.303 e. The van der Waals surface area contributed by atoms with Crippen LogP contribution in [0.5, 0.6) is 11.5 Å². The molecule has 0 radical (unpaired) electrons. The van der Waals surface area contributed by atoms with Crippen LogP contribution in [0.25, 0.3) is 0 Å². The van der Waals surface area contributed by atoms with Gasteiger partial charge in [-0.25, -0.2) is 0 Å². The number of carboxylic acid groups (broad SMARTS) is 1. The molecule has 1 saturated heterocycles. The molecule has 0 bridgehead atoms. The Morgan fingerprint density at radius 1 is 1.18 bits per heavy atom. The van der Waals surface area contributed by atoms with Crippen molar-refractivity contribution >= 4 is 5.97 Å². The zero-order valence-corrected chi connectivity index (χ0v) is 17.3. The van der Waals surface area contributed by atoms with Gasteiger partial charge in [0, 0.05) is 17.4 Å². The summed E-state index contributed by atoms with van der Waals surface area (Å²) in [5.74, 6) is 1.27. The smallest absolute Gasteiger partial charge is 0.303 e. The molecule has 156 valence electrons. The highest BCUT2D eigenvalue weighted by molar-refractivity contribution is 5.66. The Kier molecular flexibility index (Phi) is 7.60. The standard InChI is InChI=1S/C23H35NO4/c1-2-3-4-5-6-16-27-19-9-10-21-20(17-19)23(18-28-21)11-14-24(15-12-23)13-7-8-22(25)26/h9-10,17H,2-8,11-16,18H2,1H3,(H,25,26). The minimum atomic E-state index is -0.704. The van der Waals surface area contributed by atoms with E-state index < -0.39 is 5.97 Å². The van der Waals surface area contributed by atoms with Crippen molar-refractivity contribution in [2.45, 2.75) is 70.1 Å². The number of aliphatic carboxylic acids is 1. The number of fused-ring (bicyclic) bond motifs is 2. The molecule has 2 aliphatic heterocycles. The van der Waals surface area contributed by atoms with E-state index in [1.807, 2.05) is 6.07 Å². The van der Waals surface area contributed by atoms with Gasteiger partial charge in [-0.2, -0.15) is 0 Å². The molecule has 0 aliphatic carbocycles. The number of carboxylic acids is 1. The SMILES string of the molecule is CCCCCCCOc1ccc2c(c1)C1(CCN(CCCC(=O)O)CC1)CO2. The molecule has 5 heteroatoms. The number of likely N-dealkylation sites (tertiary alicyclic amines) is 1. The molecule has 1 fully saturated rings. The van der Waals surface area contributed by atoms with Crippen LogP contribution in [0.2, 0.25) is 0 Å². The maximum absolute atomic E-state index is 10.7. The van der Waals surface area contributed by atoms with Crippen LogP contribution >= 0.6 is 0 Å². The normalized spacial score (nSPS) is 18.0. The van der Waals surface area contributed by atoms with Crippen molar-refractivity contribution in [3.8, 4) is 11.5 Å². The van der Waals surface area contributed by atoms with Crippen LogP contribution in [0.15, 0.2) is 18.2 Å². The first-order chi connectivity index (χ1) is 13.6. The Bertz CT molecular complexity index is 637. The van der Waals surface area contributed by atoms with Gasteiger partial charge in [0.1, 0.15) is 11.5 Å². The van der Waals surface area contributed by atoms with Crippen LogP contribution in [-0.2, 0) is 10.2 Å². The Morgan fingerprint density at radius 3 is 2.71 bits per heavy atom. The summed E-state index contributed by atoms with van der Waals surface area (Å²) in [5.41, 5.74) is 1.40. The Balaban J connectivity index is 1.51. The number of piperidine rings is 1. The second-order valence-corrected chi connectivity index (χ2v) is 8.33. The van der Waals surface area contributed by atoms with Gasteiger partial charge in [0.05, 0.1) is 13.2 Å². The van der Waals surface area contributed by atoms with Crippen molar-refractivity contribution in [2.75, 3.05) is 32.8 Å². The molecular formula is C23H35NO4. The first-order valence-corrected chi connectivity index (χ1v) is 11.0. The summed E-state index contributed by atoms with van der Waals surface area (Å²) >= 11 is 0. The Labute approximate surface area is 169 Å². The van der Waals surface area contributed by atoms with E-state index in [9.17, 15) is 4.79 Å². The quantitative estimate of drug-likeness (QED) is 0.559. The predicted octanol–water partition coefficient (Wildman–Crippen LogP) is 4.63. The lowest BCUT2D eigenvalue weighted by Gasteiger charge is -2.38. The lowest BCUT2D eigenvalue weighted by atomic mass is 9.74. The number of unbranched alkanes of at least 4 members (excludes halogenated alkanes) is 4. The van der Waals surface area contributed by atoms with Crippen molar-refractivity contribution in [1.82, 2.24) is 4.90 Å². The lowest BCUT2D eigenvalue weighted by Crippen LogP contribution is -2.43. The maximum atomic E-state index is 10.7. The van der Waals surface area contributed by atoms with Gasteiger partial charge in [-0.3, -0.25) is 4.79 Å². The third kappa shape index (κ3) is 5.40. The summed E-state index contributed by atoms with van der Waals surface area (Å²) in [5, 5.41) is 8.81. The van der Waals surface area contributed by atoms with Gasteiger partial charge in [0.15, 0.2) is 0 Å². The van der Waals surface area contributed by atoms with Crippen LogP contribution in [0.1, 0.15) is 70.3 Å². The average Bonchev–Trinajstić information content (AvgIpc) is 3.04. The van der Waals surface area contributed by atoms with E-state index in [2.05, 4.69) is 24.0 Å². The van der Waals surface area contributed by atoms with Gasteiger partial charge >= 0.3 is 5.97 Å². The van der Waals surface area contributed by atoms with Gasteiger partial charge < -0.3 is 19.5 Å². The number of ether oxygens (including phenoxy) is 2. The number of rotatable bonds is 11. The molecule has 0 saturated carbocycles. The van der Waals surface area contributed by atoms with Gasteiger partial charge in [-0.05, 0) is 63.5 Å². The minimum Gasteiger partial charge on any atom is -0.494 e. The Hall–Kier alpha value is -1.75. The highest BCUT2D eigenvalue weighted by Crippen LogP contribution is 2.46. The van der Waals surface area contributed by atoms with E-state index in [-0.39, 0.29) is 11.8 Å². The van der Waals surface area contributed by atoms with E-state index in [1.54, 1.807) is 0 Å². The van der Waals surface area contributed by atoms with Crippen molar-refractivity contribution in [3.63, 3.8) is 0 Å². The summed E-state index contributed by atoms with van der Waals surface area (Å²) in [6.45, 7) is 6.66. The summed E-state index contributed by atoms with van der Waals surface area (Å²) in [7, 11) is 0. The van der Waals surface area contributed by atoms with Crippen LogP contribution in [0.3, 0.4) is 0 Å². The number of carbonyl (C=O) groups is 1. The van der Waals surface area contributed by atoms with Crippen molar-refractivity contribution < 1.29 is 19.4 Å². The molecular weight excluding hydrogens is 354 g/mol. The minimum absolute atomic E-state index is 0.0964. The largest absolute Gasteiger partial charge is 0.494 e. The molecule has 28 heavy (non-hydrogen) atoms. The van der Waals surface area contributed by atoms with Crippen molar-refractivity contribution in [2.24, 2.45) is 0 Å². The zero-order valence-electron chi connectivity index (χ0n) is 17.3. The first-order valence-electron chi connectivity index (χ1n) is 11.0. The lowest BCUT2D eigenvalue weighted by molar-refractivity contribution is -0.137. The predicted molar refractivity (Wildman–Crippen MR) is 110 cm³/mol. The third-order valence-electron chi connectivity index (χ3n) is 6.22. The molecule has 1 spiro atoms. The monoisotopic (exact) mass is 389 g/mol. The van der Waals surface area contributed by atoms with Crippen LogP contribution < -0.4 is 9.47 Å². The molecule has 2 aliphatic rings. The molecule has 5 nitrogen and oxygen atoms in total. The van der Waals surface area contributed by atoms with E-state index in [0.717, 1.165) is 70.0 Å². The van der Waals surface area contributed by atoms with Crippen LogP contribution in [0.4, 0.5) is 0 Å². The average molecular weight is 390 g/mol. The fraction of sp³-hybridized carbons (Fsp3) is 0.696. The second kappa shape index (κ2) is 10.1. The summed E-state index contributed by atoms with van der Waals surface area (Å²) in [4.78, 5) is 13.1. The topological polar surface area (TPSA) is 59.0 Å². The van der Waals surface area contributed by atoms with E-state index in [1.165, 1.54) is 31.2 Å². The second-order valence-electron chi connectivity index (χ2n) is 8.33. The fourth-order valence-corrected chi connectivity index (χ4v) is 4.40. The fourth-order valence-electron chi connectivity index (χ4n) is 4.40. The highest BCUT2D eigenvalue weighted by Gasteiger charge is 2.43. The molecule has 0 unspecified atom stereocenters. The highest BCUT2D eigenvalue weighted by atomic mass is 16.5. The van der Waals surface area contributed by atoms with E-state index >= 15 is 0 Å². The third-order valence-corrected chi connectivity index (χ3v) is 6.22. The molecule has 1 N–H and O–H groups in total. The molecule has 0 atom stereocenters. The molecule has 1 aromatic carbocycles. The number of nitrogens with zero attached hydrogens (tertiary/aromatic N) is 1. The van der Waals surface area contributed by atoms with Gasteiger partial charge in [0.2, 0.25) is 0 Å². The molecule has 0 amide bonds. The summed E-state index contributed by atoms with van der Waals surface area (Å²) < 4.78 is 12.0. The molecule has 1 aromatic rings. The first kappa shape index (κ1) is 21.0. The summed E-state index contributed by atoms with van der Waals surface area (Å²) in [6, 6.07) is 6.30. The van der Waals surface area contributed by atoms with E-state index in [4.69, 9.17) is 14.6 Å². The number of benzene rings is 1. The molecule has 2 heterocycles. The summed E-state index contributed by atoms with van der Waals surface area (Å²) in [6.07, 6.45) is 9.34. The Morgan fingerprint density at radius 2 is 1.96 bits per heavy atom. The number of hydrogen-bond acceptors (Lipinski definition) is 4. The van der Waals surface area contributed by atoms with Crippen LogP contribution in [-0.4, -0.2) is 48.8 Å². The van der Waals surface area contributed by atoms with Gasteiger partial charge in [-0.1, -0.05) is 32.6 Å². The molecule has 3 rings (SSSR count). The van der Waals surface area contributed by atoms with Gasteiger partial charge in [0.25, 0.3) is 0 Å². The van der Waals surface area contributed by atoms with Crippen molar-refractivity contribution in [1.29, 1.82) is 0 Å². The van der Waals surface area contributed by atoms with E-state index in [0.29, 0.717) is 0 Å². The van der Waals surface area contributed by atoms with Crippen LogP contribution in [0, 0.1) is 0 Å². The number of hydrogen-bond donors (Lipinski definition) is 1. The van der Waals surface area contributed by atoms with Crippen molar-refractivity contribution in [3.05, 3.63) is 23.8 Å². The molecule has 0 aromatic heterocycles.